The van der Waals surface area contributed by atoms with Gasteiger partial charge in [-0.3, -0.25) is 10.4 Å². The first-order valence-electron chi connectivity index (χ1n) is 6.52. The summed E-state index contributed by atoms with van der Waals surface area (Å²) in [7, 11) is 0. The molecule has 2 rings (SSSR count). The van der Waals surface area contributed by atoms with Crippen molar-refractivity contribution >= 4 is 11.5 Å². The SMILES string of the molecule is C=CCCC1(C)C(C)C1C1CCC(C(=N)N)=N1. The van der Waals surface area contributed by atoms with Crippen LogP contribution in [0.1, 0.15) is 39.5 Å². The molecule has 1 saturated carbocycles. The van der Waals surface area contributed by atoms with Gasteiger partial charge < -0.3 is 5.73 Å². The lowest BCUT2D eigenvalue weighted by atomic mass is 9.95. The molecule has 1 heterocycles. The number of allylic oxidation sites excluding steroid dienone is 1. The van der Waals surface area contributed by atoms with Crippen LogP contribution in [0.25, 0.3) is 0 Å². The van der Waals surface area contributed by atoms with Crippen molar-refractivity contribution in [1.82, 2.24) is 0 Å². The third-order valence-corrected chi connectivity index (χ3v) is 4.84. The molecule has 1 fully saturated rings. The van der Waals surface area contributed by atoms with Crippen molar-refractivity contribution in [2.75, 3.05) is 0 Å². The zero-order valence-corrected chi connectivity index (χ0v) is 10.9. The molecule has 0 aromatic carbocycles. The zero-order valence-electron chi connectivity index (χ0n) is 10.9. The van der Waals surface area contributed by atoms with Crippen molar-refractivity contribution in [3.63, 3.8) is 0 Å². The smallest absolute Gasteiger partial charge is 0.137 e. The van der Waals surface area contributed by atoms with Crippen molar-refractivity contribution in [2.24, 2.45) is 28.0 Å². The lowest BCUT2D eigenvalue weighted by molar-refractivity contribution is 0.416. The van der Waals surface area contributed by atoms with Crippen LogP contribution in [0, 0.1) is 22.7 Å². The molecule has 3 heteroatoms. The molecule has 4 atom stereocenters. The molecule has 4 unspecified atom stereocenters. The highest BCUT2D eigenvalue weighted by Gasteiger charge is 2.60. The first kappa shape index (κ1) is 12.3. The van der Waals surface area contributed by atoms with E-state index in [0.29, 0.717) is 17.4 Å². The molecule has 0 bridgehead atoms. The molecular formula is C14H23N3. The van der Waals surface area contributed by atoms with Gasteiger partial charge in [-0.05, 0) is 42.9 Å². The monoisotopic (exact) mass is 233 g/mol. The minimum atomic E-state index is 0.161. The van der Waals surface area contributed by atoms with Gasteiger partial charge in [-0.15, -0.1) is 6.58 Å². The fourth-order valence-electron chi connectivity index (χ4n) is 3.50. The van der Waals surface area contributed by atoms with Gasteiger partial charge in [-0.2, -0.15) is 0 Å². The fraction of sp³-hybridized carbons (Fsp3) is 0.714. The van der Waals surface area contributed by atoms with E-state index in [0.717, 1.165) is 30.9 Å². The molecule has 2 aliphatic rings. The Morgan fingerprint density at radius 3 is 2.94 bits per heavy atom. The maximum atomic E-state index is 7.44. The van der Waals surface area contributed by atoms with E-state index >= 15 is 0 Å². The molecule has 1 aliphatic carbocycles. The van der Waals surface area contributed by atoms with Gasteiger partial charge >= 0.3 is 0 Å². The highest BCUT2D eigenvalue weighted by atomic mass is 14.9. The van der Waals surface area contributed by atoms with Gasteiger partial charge in [0, 0.05) is 0 Å². The van der Waals surface area contributed by atoms with Crippen LogP contribution in [-0.4, -0.2) is 17.6 Å². The van der Waals surface area contributed by atoms with Gasteiger partial charge in [0.2, 0.25) is 0 Å². The second kappa shape index (κ2) is 4.28. The third-order valence-electron chi connectivity index (χ3n) is 4.84. The largest absolute Gasteiger partial charge is 0.383 e. The number of rotatable bonds is 5. The Morgan fingerprint density at radius 1 is 1.71 bits per heavy atom. The van der Waals surface area contributed by atoms with Crippen molar-refractivity contribution in [3.8, 4) is 0 Å². The Morgan fingerprint density at radius 2 is 2.41 bits per heavy atom. The van der Waals surface area contributed by atoms with Crippen molar-refractivity contribution in [3.05, 3.63) is 12.7 Å². The van der Waals surface area contributed by atoms with E-state index in [1.807, 2.05) is 6.08 Å². The van der Waals surface area contributed by atoms with Crippen molar-refractivity contribution in [1.29, 1.82) is 5.41 Å². The summed E-state index contributed by atoms with van der Waals surface area (Å²) in [6.45, 7) is 8.50. The molecule has 0 spiro atoms. The molecule has 0 amide bonds. The van der Waals surface area contributed by atoms with E-state index in [9.17, 15) is 0 Å². The average molecular weight is 233 g/mol. The Labute approximate surface area is 104 Å². The topological polar surface area (TPSA) is 62.2 Å². The van der Waals surface area contributed by atoms with E-state index in [4.69, 9.17) is 11.1 Å². The molecule has 3 N–H and O–H groups in total. The van der Waals surface area contributed by atoms with E-state index in [2.05, 4.69) is 25.4 Å². The maximum Gasteiger partial charge on any atom is 0.137 e. The molecule has 3 nitrogen and oxygen atoms in total. The van der Waals surface area contributed by atoms with E-state index in [1.165, 1.54) is 6.42 Å². The standard InChI is InChI=1S/C14H23N3/c1-4-5-8-14(3)9(2)12(14)10-6-7-11(17-10)13(15)16/h4,9-10,12H,1,5-8H2,2-3H3,(H3,15,16). The number of hydrogen-bond acceptors (Lipinski definition) is 2. The predicted molar refractivity (Wildman–Crippen MR) is 72.6 cm³/mol. The van der Waals surface area contributed by atoms with E-state index in [1.54, 1.807) is 0 Å². The zero-order chi connectivity index (χ0) is 12.6. The second-order valence-corrected chi connectivity index (χ2v) is 5.74. The van der Waals surface area contributed by atoms with E-state index in [-0.39, 0.29) is 5.84 Å². The molecule has 17 heavy (non-hydrogen) atoms. The molecule has 0 saturated heterocycles. The minimum absolute atomic E-state index is 0.161. The number of hydrogen-bond donors (Lipinski definition) is 2. The Balaban J connectivity index is 2.02. The average Bonchev–Trinajstić information content (AvgIpc) is 2.71. The van der Waals surface area contributed by atoms with Crippen LogP contribution in [-0.2, 0) is 0 Å². The maximum absolute atomic E-state index is 7.44. The summed E-state index contributed by atoms with van der Waals surface area (Å²) >= 11 is 0. The van der Waals surface area contributed by atoms with Crippen LogP contribution in [0.15, 0.2) is 17.6 Å². The van der Waals surface area contributed by atoms with Gasteiger partial charge in [-0.25, -0.2) is 0 Å². The van der Waals surface area contributed by atoms with Gasteiger partial charge in [0.25, 0.3) is 0 Å². The predicted octanol–water partition coefficient (Wildman–Crippen LogP) is 2.76. The van der Waals surface area contributed by atoms with Crippen LogP contribution >= 0.6 is 0 Å². The summed E-state index contributed by atoms with van der Waals surface area (Å²) in [5.74, 6) is 1.58. The first-order valence-corrected chi connectivity index (χ1v) is 6.52. The van der Waals surface area contributed by atoms with E-state index < -0.39 is 0 Å². The van der Waals surface area contributed by atoms with Crippen LogP contribution in [0.3, 0.4) is 0 Å². The molecule has 0 radical (unpaired) electrons. The Hall–Kier alpha value is -1.12. The summed E-state index contributed by atoms with van der Waals surface area (Å²) in [6.07, 6.45) is 6.28. The number of amidine groups is 1. The molecule has 0 aromatic rings. The molecule has 0 aromatic heterocycles. The van der Waals surface area contributed by atoms with Crippen LogP contribution in [0.5, 0.6) is 0 Å². The number of nitrogens with two attached hydrogens (primary N) is 1. The van der Waals surface area contributed by atoms with Gasteiger partial charge in [0.15, 0.2) is 0 Å². The van der Waals surface area contributed by atoms with Crippen molar-refractivity contribution in [2.45, 2.75) is 45.6 Å². The van der Waals surface area contributed by atoms with Gasteiger partial charge in [0.1, 0.15) is 5.84 Å². The lowest BCUT2D eigenvalue weighted by Crippen LogP contribution is -2.20. The summed E-state index contributed by atoms with van der Waals surface area (Å²) < 4.78 is 0. The highest BCUT2D eigenvalue weighted by molar-refractivity contribution is 6.40. The van der Waals surface area contributed by atoms with Crippen molar-refractivity contribution < 1.29 is 0 Å². The van der Waals surface area contributed by atoms with Gasteiger partial charge in [-0.1, -0.05) is 19.9 Å². The fourth-order valence-corrected chi connectivity index (χ4v) is 3.50. The molecular weight excluding hydrogens is 210 g/mol. The second-order valence-electron chi connectivity index (χ2n) is 5.74. The van der Waals surface area contributed by atoms with Crippen LogP contribution in [0.4, 0.5) is 0 Å². The Bertz CT molecular complexity index is 372. The summed E-state index contributed by atoms with van der Waals surface area (Å²) in [6, 6.07) is 0.402. The third kappa shape index (κ3) is 2.03. The minimum Gasteiger partial charge on any atom is -0.383 e. The molecule has 1 aliphatic heterocycles. The van der Waals surface area contributed by atoms with Crippen LogP contribution < -0.4 is 5.73 Å². The number of nitrogens with one attached hydrogen (secondary N) is 1. The summed E-state index contributed by atoms with van der Waals surface area (Å²) in [4.78, 5) is 4.64. The summed E-state index contributed by atoms with van der Waals surface area (Å²) in [5, 5.41) is 7.44. The molecule has 94 valence electrons. The Kier molecular flexibility index (Phi) is 3.11. The quantitative estimate of drug-likeness (QED) is 0.428. The summed E-state index contributed by atoms with van der Waals surface area (Å²) in [5.41, 5.74) is 6.75. The first-order chi connectivity index (χ1) is 8.00. The lowest BCUT2D eigenvalue weighted by Gasteiger charge is -2.12. The van der Waals surface area contributed by atoms with Gasteiger partial charge in [0.05, 0.1) is 11.8 Å². The highest BCUT2D eigenvalue weighted by Crippen LogP contribution is 2.64. The normalized spacial score (nSPS) is 39.9. The number of aliphatic imine (C=N–C) groups is 1. The number of nitrogens with zero attached hydrogens (tertiary/aromatic N) is 1. The van der Waals surface area contributed by atoms with Crippen LogP contribution in [0.2, 0.25) is 0 Å².